The molecular formula is C9H10ClN5. The van der Waals surface area contributed by atoms with Crippen LogP contribution in [0.4, 0.5) is 5.82 Å². The molecule has 0 atom stereocenters. The Bertz CT molecular complexity index is 453. The van der Waals surface area contributed by atoms with E-state index in [0.29, 0.717) is 11.7 Å². The Morgan fingerprint density at radius 3 is 3.00 bits per heavy atom. The van der Waals surface area contributed by atoms with Gasteiger partial charge in [0.25, 0.3) is 0 Å². The van der Waals surface area contributed by atoms with Crippen LogP contribution in [0.2, 0.25) is 5.15 Å². The van der Waals surface area contributed by atoms with Crippen molar-refractivity contribution >= 4 is 17.4 Å². The van der Waals surface area contributed by atoms with Crippen molar-refractivity contribution in [3.05, 3.63) is 35.5 Å². The molecule has 2 aromatic heterocycles. The van der Waals surface area contributed by atoms with Gasteiger partial charge in [0.05, 0.1) is 6.54 Å². The number of hydrogen-bond acceptors (Lipinski definition) is 4. The molecule has 0 spiro atoms. The fourth-order valence-electron chi connectivity index (χ4n) is 1.14. The van der Waals surface area contributed by atoms with Gasteiger partial charge in [-0.15, -0.1) is 10.2 Å². The molecule has 0 unspecified atom stereocenters. The third-order valence-corrected chi connectivity index (χ3v) is 2.16. The number of anilines is 1. The molecule has 0 aliphatic rings. The van der Waals surface area contributed by atoms with Gasteiger partial charge in [0.2, 0.25) is 0 Å². The van der Waals surface area contributed by atoms with Crippen LogP contribution in [0.5, 0.6) is 0 Å². The third-order valence-electron chi connectivity index (χ3n) is 1.95. The van der Waals surface area contributed by atoms with Gasteiger partial charge in [-0.05, 0) is 12.1 Å². The van der Waals surface area contributed by atoms with Crippen LogP contribution in [0.25, 0.3) is 0 Å². The monoisotopic (exact) mass is 223 g/mol. The maximum Gasteiger partial charge on any atom is 0.151 e. The zero-order chi connectivity index (χ0) is 10.7. The van der Waals surface area contributed by atoms with Crippen molar-refractivity contribution in [1.82, 2.24) is 19.7 Å². The van der Waals surface area contributed by atoms with Crippen molar-refractivity contribution < 1.29 is 0 Å². The SMILES string of the molecule is Cn1cnnc1CNc1cccc(Cl)n1. The molecule has 0 amide bonds. The van der Waals surface area contributed by atoms with Crippen LogP contribution in [0.1, 0.15) is 5.82 Å². The van der Waals surface area contributed by atoms with Gasteiger partial charge in [0.15, 0.2) is 5.82 Å². The molecule has 0 aliphatic carbocycles. The molecular weight excluding hydrogens is 214 g/mol. The molecule has 0 aromatic carbocycles. The van der Waals surface area contributed by atoms with Gasteiger partial charge in [-0.2, -0.15) is 0 Å². The molecule has 2 heterocycles. The minimum absolute atomic E-state index is 0.470. The van der Waals surface area contributed by atoms with Crippen LogP contribution in [-0.4, -0.2) is 19.7 Å². The number of nitrogens with zero attached hydrogens (tertiary/aromatic N) is 4. The van der Waals surface area contributed by atoms with Crippen molar-refractivity contribution in [1.29, 1.82) is 0 Å². The summed E-state index contributed by atoms with van der Waals surface area (Å²) in [4.78, 5) is 4.10. The van der Waals surface area contributed by atoms with E-state index in [1.807, 2.05) is 23.7 Å². The molecule has 0 bridgehead atoms. The first-order chi connectivity index (χ1) is 7.25. The number of aryl methyl sites for hydroxylation is 1. The fourth-order valence-corrected chi connectivity index (χ4v) is 1.31. The van der Waals surface area contributed by atoms with Crippen LogP contribution in [-0.2, 0) is 13.6 Å². The van der Waals surface area contributed by atoms with E-state index in [0.717, 1.165) is 11.6 Å². The summed E-state index contributed by atoms with van der Waals surface area (Å²) in [5.74, 6) is 1.57. The first kappa shape index (κ1) is 9.92. The highest BCUT2D eigenvalue weighted by atomic mass is 35.5. The molecule has 1 N–H and O–H groups in total. The van der Waals surface area contributed by atoms with Gasteiger partial charge in [0.1, 0.15) is 17.3 Å². The number of nitrogens with one attached hydrogen (secondary N) is 1. The summed E-state index contributed by atoms with van der Waals surface area (Å²) in [6, 6.07) is 5.42. The Kier molecular flexibility index (Phi) is 2.82. The van der Waals surface area contributed by atoms with E-state index in [1.54, 1.807) is 12.4 Å². The number of hydrogen-bond donors (Lipinski definition) is 1. The van der Waals surface area contributed by atoms with E-state index in [2.05, 4.69) is 20.5 Å². The molecule has 5 nitrogen and oxygen atoms in total. The summed E-state index contributed by atoms with van der Waals surface area (Å²) in [6.07, 6.45) is 1.66. The lowest BCUT2D eigenvalue weighted by Gasteiger charge is -2.04. The van der Waals surface area contributed by atoms with E-state index in [-0.39, 0.29) is 0 Å². The molecule has 2 aromatic rings. The molecule has 0 saturated heterocycles. The first-order valence-electron chi connectivity index (χ1n) is 4.45. The second-order valence-electron chi connectivity index (χ2n) is 3.06. The van der Waals surface area contributed by atoms with E-state index in [9.17, 15) is 0 Å². The summed E-state index contributed by atoms with van der Waals surface area (Å²) in [5, 5.41) is 11.3. The first-order valence-corrected chi connectivity index (χ1v) is 4.83. The van der Waals surface area contributed by atoms with Crippen molar-refractivity contribution in [3.8, 4) is 0 Å². The fraction of sp³-hybridized carbons (Fsp3) is 0.222. The highest BCUT2D eigenvalue weighted by Crippen LogP contribution is 2.09. The minimum atomic E-state index is 0.470. The molecule has 0 radical (unpaired) electrons. The smallest absolute Gasteiger partial charge is 0.151 e. The Balaban J connectivity index is 2.02. The van der Waals surface area contributed by atoms with Gasteiger partial charge in [0, 0.05) is 7.05 Å². The Morgan fingerprint density at radius 1 is 1.47 bits per heavy atom. The maximum atomic E-state index is 5.75. The summed E-state index contributed by atoms with van der Waals surface area (Å²) in [6.45, 7) is 0.573. The predicted octanol–water partition coefficient (Wildman–Crippen LogP) is 1.48. The lowest BCUT2D eigenvalue weighted by molar-refractivity contribution is 0.810. The molecule has 0 saturated carbocycles. The zero-order valence-electron chi connectivity index (χ0n) is 8.18. The average Bonchev–Trinajstić information content (AvgIpc) is 2.61. The Labute approximate surface area is 92.1 Å². The Morgan fingerprint density at radius 2 is 2.33 bits per heavy atom. The highest BCUT2D eigenvalue weighted by Gasteiger charge is 2.00. The third kappa shape index (κ3) is 2.44. The van der Waals surface area contributed by atoms with Crippen molar-refractivity contribution in [2.75, 3.05) is 5.32 Å². The Hall–Kier alpha value is -1.62. The zero-order valence-corrected chi connectivity index (χ0v) is 8.94. The molecule has 0 aliphatic heterocycles. The van der Waals surface area contributed by atoms with Gasteiger partial charge in [-0.1, -0.05) is 17.7 Å². The van der Waals surface area contributed by atoms with E-state index in [1.165, 1.54) is 0 Å². The lowest BCUT2D eigenvalue weighted by atomic mass is 10.4. The van der Waals surface area contributed by atoms with Crippen LogP contribution < -0.4 is 5.32 Å². The lowest BCUT2D eigenvalue weighted by Crippen LogP contribution is -2.06. The molecule has 78 valence electrons. The normalized spacial score (nSPS) is 10.3. The molecule has 2 rings (SSSR count). The largest absolute Gasteiger partial charge is 0.363 e. The second-order valence-corrected chi connectivity index (χ2v) is 3.44. The summed E-state index contributed by atoms with van der Waals surface area (Å²) >= 11 is 5.75. The van der Waals surface area contributed by atoms with E-state index < -0.39 is 0 Å². The number of halogens is 1. The van der Waals surface area contributed by atoms with Crippen molar-refractivity contribution in [2.45, 2.75) is 6.54 Å². The standard InChI is InChI=1S/C9H10ClN5/c1-15-6-12-14-9(15)5-11-8-4-2-3-7(10)13-8/h2-4,6H,5H2,1H3,(H,11,13). The predicted molar refractivity (Wildman–Crippen MR) is 57.6 cm³/mol. The number of aromatic nitrogens is 4. The van der Waals surface area contributed by atoms with E-state index >= 15 is 0 Å². The molecule has 15 heavy (non-hydrogen) atoms. The van der Waals surface area contributed by atoms with Crippen LogP contribution in [0.15, 0.2) is 24.5 Å². The van der Waals surface area contributed by atoms with E-state index in [4.69, 9.17) is 11.6 Å². The van der Waals surface area contributed by atoms with Crippen LogP contribution in [0.3, 0.4) is 0 Å². The van der Waals surface area contributed by atoms with Gasteiger partial charge >= 0.3 is 0 Å². The highest BCUT2D eigenvalue weighted by molar-refractivity contribution is 6.29. The second kappa shape index (κ2) is 4.27. The van der Waals surface area contributed by atoms with Gasteiger partial charge in [-0.3, -0.25) is 0 Å². The van der Waals surface area contributed by atoms with Crippen molar-refractivity contribution in [3.63, 3.8) is 0 Å². The van der Waals surface area contributed by atoms with Gasteiger partial charge in [-0.25, -0.2) is 4.98 Å². The molecule has 6 heteroatoms. The average molecular weight is 224 g/mol. The number of pyridine rings is 1. The summed E-state index contributed by atoms with van der Waals surface area (Å²) in [5.41, 5.74) is 0. The van der Waals surface area contributed by atoms with Gasteiger partial charge < -0.3 is 9.88 Å². The topological polar surface area (TPSA) is 55.6 Å². The van der Waals surface area contributed by atoms with Crippen LogP contribution in [0, 0.1) is 0 Å². The maximum absolute atomic E-state index is 5.75. The quantitative estimate of drug-likeness (QED) is 0.801. The van der Waals surface area contributed by atoms with Crippen molar-refractivity contribution in [2.24, 2.45) is 7.05 Å². The van der Waals surface area contributed by atoms with Crippen LogP contribution >= 0.6 is 11.6 Å². The molecule has 0 fully saturated rings. The summed E-state index contributed by atoms with van der Waals surface area (Å²) < 4.78 is 1.84. The minimum Gasteiger partial charge on any atom is -0.363 e. The number of rotatable bonds is 3. The summed E-state index contributed by atoms with van der Waals surface area (Å²) in [7, 11) is 1.89.